The van der Waals surface area contributed by atoms with E-state index in [1.165, 1.54) is 18.3 Å². The van der Waals surface area contributed by atoms with Crippen molar-refractivity contribution in [1.82, 2.24) is 24.4 Å². The van der Waals surface area contributed by atoms with Crippen LogP contribution in [0.25, 0.3) is 44.1 Å². The summed E-state index contributed by atoms with van der Waals surface area (Å²) in [5, 5.41) is 25.0. The first-order chi connectivity index (χ1) is 20.3. The Morgan fingerprint density at radius 1 is 1.12 bits per heavy atom. The molecule has 42 heavy (non-hydrogen) atoms. The van der Waals surface area contributed by atoms with Crippen molar-refractivity contribution >= 4 is 44.3 Å². The standard InChI is InChI=1S/C30H32FN7O4/c1-32-23-11-17(31)10-19-24-26(37-5-7-42-8-6-37)21(13-33-28(24)35-25(19)23)16-9-20-27(39)22(30(40)41)15-38(29(20)34-12-16)18-3-4-36(2)14-18/h9-13,15,18,30,32,40-41H,3-8,14H2,1-2H3,(H,33,35). The third kappa shape index (κ3) is 4.29. The molecule has 12 heteroatoms. The molecule has 4 aromatic heterocycles. The number of aromatic nitrogens is 4. The van der Waals surface area contributed by atoms with Crippen LogP contribution < -0.4 is 15.6 Å². The van der Waals surface area contributed by atoms with Crippen LogP contribution in [0.5, 0.6) is 0 Å². The molecule has 2 saturated heterocycles. The summed E-state index contributed by atoms with van der Waals surface area (Å²) in [4.78, 5) is 30.8. The molecule has 6 heterocycles. The molecule has 1 aromatic carbocycles. The summed E-state index contributed by atoms with van der Waals surface area (Å²) in [6.45, 7) is 3.97. The summed E-state index contributed by atoms with van der Waals surface area (Å²) in [5.74, 6) is -0.369. The molecule has 11 nitrogen and oxygen atoms in total. The van der Waals surface area contributed by atoms with E-state index in [4.69, 9.17) is 14.7 Å². The van der Waals surface area contributed by atoms with Gasteiger partial charge in [-0.15, -0.1) is 0 Å². The first-order valence-electron chi connectivity index (χ1n) is 14.1. The molecule has 4 N–H and O–H groups in total. The van der Waals surface area contributed by atoms with Crippen LogP contribution in [0.1, 0.15) is 24.3 Å². The van der Waals surface area contributed by atoms with Gasteiger partial charge in [-0.05, 0) is 38.2 Å². The zero-order valence-electron chi connectivity index (χ0n) is 23.4. The average molecular weight is 574 g/mol. The number of pyridine rings is 3. The summed E-state index contributed by atoms with van der Waals surface area (Å²) < 4.78 is 22.3. The van der Waals surface area contributed by atoms with Crippen LogP contribution in [0.3, 0.4) is 0 Å². The Morgan fingerprint density at radius 3 is 2.64 bits per heavy atom. The van der Waals surface area contributed by atoms with E-state index < -0.39 is 11.7 Å². The van der Waals surface area contributed by atoms with Crippen LogP contribution in [0, 0.1) is 5.82 Å². The van der Waals surface area contributed by atoms with E-state index >= 15 is 0 Å². The fraction of sp³-hybridized carbons (Fsp3) is 0.367. The molecule has 218 valence electrons. The molecule has 0 bridgehead atoms. The van der Waals surface area contributed by atoms with Crippen molar-refractivity contribution in [3.8, 4) is 11.1 Å². The Balaban J connectivity index is 1.50. The molecule has 2 aliphatic rings. The molecule has 0 aliphatic carbocycles. The largest absolute Gasteiger partial charge is 0.386 e. The predicted octanol–water partition coefficient (Wildman–Crippen LogP) is 2.97. The van der Waals surface area contributed by atoms with Crippen LogP contribution in [0.4, 0.5) is 15.8 Å². The van der Waals surface area contributed by atoms with Crippen molar-refractivity contribution in [1.29, 1.82) is 0 Å². The van der Waals surface area contributed by atoms with Crippen molar-refractivity contribution < 1.29 is 19.3 Å². The lowest BCUT2D eigenvalue weighted by atomic mass is 10.0. The van der Waals surface area contributed by atoms with Crippen LogP contribution >= 0.6 is 0 Å². The molecule has 0 spiro atoms. The molecule has 7 rings (SSSR count). The number of H-pyrrole nitrogens is 1. The van der Waals surface area contributed by atoms with E-state index in [9.17, 15) is 19.4 Å². The number of likely N-dealkylation sites (N-methyl/N-ethyl adjacent to an activating group) is 1. The molecule has 0 amide bonds. The number of hydrogen-bond donors (Lipinski definition) is 4. The van der Waals surface area contributed by atoms with E-state index in [0.29, 0.717) is 59.6 Å². The minimum absolute atomic E-state index is 0.0402. The van der Waals surface area contributed by atoms with E-state index in [-0.39, 0.29) is 17.4 Å². The molecule has 1 atom stereocenters. The Bertz CT molecular complexity index is 1900. The maximum absolute atomic E-state index is 14.8. The van der Waals surface area contributed by atoms with E-state index in [1.807, 2.05) is 11.6 Å². The summed E-state index contributed by atoms with van der Waals surface area (Å²) in [6, 6.07) is 4.75. The molecule has 0 radical (unpaired) electrons. The number of nitrogens with zero attached hydrogens (tertiary/aromatic N) is 5. The molecule has 2 fully saturated rings. The number of halogens is 1. The van der Waals surface area contributed by atoms with Crippen molar-refractivity contribution in [3.05, 3.63) is 58.4 Å². The fourth-order valence-corrected chi connectivity index (χ4v) is 6.44. The maximum atomic E-state index is 14.8. The van der Waals surface area contributed by atoms with Gasteiger partial charge >= 0.3 is 0 Å². The van der Waals surface area contributed by atoms with Gasteiger partial charge in [-0.2, -0.15) is 0 Å². The first kappa shape index (κ1) is 26.8. The fourth-order valence-electron chi connectivity index (χ4n) is 6.44. The quantitative estimate of drug-likeness (QED) is 0.234. The highest BCUT2D eigenvalue weighted by atomic mass is 19.1. The smallest absolute Gasteiger partial charge is 0.199 e. The highest BCUT2D eigenvalue weighted by Crippen LogP contribution is 2.42. The summed E-state index contributed by atoms with van der Waals surface area (Å²) in [5.41, 5.74) is 4.13. The highest BCUT2D eigenvalue weighted by molar-refractivity contribution is 6.17. The van der Waals surface area contributed by atoms with E-state index in [1.54, 1.807) is 25.5 Å². The SMILES string of the molecule is CNc1cc(F)cc2c1[nH]c1ncc(-c3cnc4c(c3)c(=O)c(C(O)O)cn4C3CCN(C)C3)c(N3CCOCC3)c12. The summed E-state index contributed by atoms with van der Waals surface area (Å²) >= 11 is 0. The second kappa shape index (κ2) is 10.3. The second-order valence-corrected chi connectivity index (χ2v) is 11.1. The molecule has 5 aromatic rings. The van der Waals surface area contributed by atoms with Crippen molar-refractivity contribution in [2.75, 3.05) is 63.7 Å². The number of hydrogen-bond acceptors (Lipinski definition) is 9. The summed E-state index contributed by atoms with van der Waals surface area (Å²) in [6.07, 6.45) is 3.94. The zero-order valence-corrected chi connectivity index (χ0v) is 23.4. The minimum Gasteiger partial charge on any atom is -0.386 e. The highest BCUT2D eigenvalue weighted by Gasteiger charge is 2.27. The minimum atomic E-state index is -1.92. The topological polar surface area (TPSA) is 132 Å². The van der Waals surface area contributed by atoms with Gasteiger partial charge in [0.15, 0.2) is 11.7 Å². The number of morpholine rings is 1. The van der Waals surface area contributed by atoms with Crippen molar-refractivity contribution in [3.63, 3.8) is 0 Å². The third-order valence-corrected chi connectivity index (χ3v) is 8.51. The van der Waals surface area contributed by atoms with Gasteiger partial charge in [0.25, 0.3) is 0 Å². The van der Waals surface area contributed by atoms with E-state index in [2.05, 4.69) is 20.1 Å². The second-order valence-electron chi connectivity index (χ2n) is 11.1. The molecule has 1 unspecified atom stereocenters. The number of benzene rings is 1. The number of likely N-dealkylation sites (tertiary alicyclic amines) is 1. The van der Waals surface area contributed by atoms with Gasteiger partial charge in [0.05, 0.1) is 46.4 Å². The number of anilines is 2. The van der Waals surface area contributed by atoms with Gasteiger partial charge in [-0.25, -0.2) is 14.4 Å². The van der Waals surface area contributed by atoms with Crippen molar-refractivity contribution in [2.45, 2.75) is 18.8 Å². The Morgan fingerprint density at radius 2 is 1.93 bits per heavy atom. The lowest BCUT2D eigenvalue weighted by Gasteiger charge is -2.31. The van der Waals surface area contributed by atoms with Crippen LogP contribution in [0.15, 0.2) is 41.6 Å². The van der Waals surface area contributed by atoms with Gasteiger partial charge in [0.2, 0.25) is 0 Å². The Labute approximate surface area is 240 Å². The number of aliphatic hydroxyl groups is 2. The lowest BCUT2D eigenvalue weighted by molar-refractivity contribution is -0.0436. The van der Waals surface area contributed by atoms with Gasteiger partial charge in [0.1, 0.15) is 17.1 Å². The molecular weight excluding hydrogens is 541 g/mol. The number of aromatic amines is 1. The van der Waals surface area contributed by atoms with Crippen LogP contribution in [-0.2, 0) is 4.74 Å². The molecule has 2 aliphatic heterocycles. The molecular formula is C30H32FN7O4. The first-order valence-corrected chi connectivity index (χ1v) is 14.1. The number of fused-ring (bicyclic) bond motifs is 4. The number of aliphatic hydroxyl groups excluding tert-OH is 1. The summed E-state index contributed by atoms with van der Waals surface area (Å²) in [7, 11) is 3.78. The van der Waals surface area contributed by atoms with E-state index in [0.717, 1.165) is 41.7 Å². The van der Waals surface area contributed by atoms with Gasteiger partial charge < -0.3 is 39.6 Å². The third-order valence-electron chi connectivity index (χ3n) is 8.51. The van der Waals surface area contributed by atoms with Crippen LogP contribution in [0.2, 0.25) is 0 Å². The predicted molar refractivity (Wildman–Crippen MR) is 159 cm³/mol. The van der Waals surface area contributed by atoms with Gasteiger partial charge in [0, 0.05) is 67.8 Å². The average Bonchev–Trinajstić information content (AvgIpc) is 3.60. The lowest BCUT2D eigenvalue weighted by Crippen LogP contribution is -2.36. The van der Waals surface area contributed by atoms with Gasteiger partial charge in [-0.1, -0.05) is 0 Å². The number of ether oxygens (including phenoxy) is 1. The maximum Gasteiger partial charge on any atom is 0.199 e. The number of rotatable bonds is 5. The Kier molecular flexibility index (Phi) is 6.58. The van der Waals surface area contributed by atoms with Crippen LogP contribution in [-0.4, -0.2) is 88.1 Å². The zero-order chi connectivity index (χ0) is 29.1. The van der Waals surface area contributed by atoms with Crippen molar-refractivity contribution in [2.24, 2.45) is 0 Å². The normalized spacial score (nSPS) is 18.2. The monoisotopic (exact) mass is 573 g/mol. The molecule has 0 saturated carbocycles. The van der Waals surface area contributed by atoms with Gasteiger partial charge in [-0.3, -0.25) is 4.79 Å². The number of nitrogens with one attached hydrogen (secondary N) is 2. The Hall–Kier alpha value is -4.10.